The number of alkyl halides is 3. The molecule has 0 N–H and O–H groups in total. The van der Waals surface area contributed by atoms with Crippen molar-refractivity contribution >= 4 is 23.1 Å². The van der Waals surface area contributed by atoms with E-state index in [1.807, 2.05) is 36.9 Å². The van der Waals surface area contributed by atoms with E-state index in [0.717, 1.165) is 47.4 Å². The van der Waals surface area contributed by atoms with Crippen LogP contribution in [0.4, 0.5) is 18.9 Å². The minimum atomic E-state index is -4.49. The van der Waals surface area contributed by atoms with Crippen LogP contribution in [0.2, 0.25) is 0 Å². The van der Waals surface area contributed by atoms with Gasteiger partial charge < -0.3 is 4.90 Å². The predicted octanol–water partition coefficient (Wildman–Crippen LogP) is 5.09. The van der Waals surface area contributed by atoms with Crippen LogP contribution in [0.3, 0.4) is 0 Å². The lowest BCUT2D eigenvalue weighted by atomic mass is 9.96. The molecular weight excluding hydrogens is 405 g/mol. The van der Waals surface area contributed by atoms with Crippen molar-refractivity contribution in [3.05, 3.63) is 70.4 Å². The van der Waals surface area contributed by atoms with Crippen LogP contribution in [0.5, 0.6) is 0 Å². The van der Waals surface area contributed by atoms with Crippen LogP contribution in [0.1, 0.15) is 41.5 Å². The molecule has 4 rings (SSSR count). The molecule has 31 heavy (non-hydrogen) atoms. The van der Waals surface area contributed by atoms with Gasteiger partial charge in [-0.3, -0.25) is 9.59 Å². The minimum absolute atomic E-state index is 0.136. The first-order valence-corrected chi connectivity index (χ1v) is 10.3. The van der Waals surface area contributed by atoms with Crippen molar-refractivity contribution in [3.63, 3.8) is 0 Å². The average molecular weight is 428 g/mol. The summed E-state index contributed by atoms with van der Waals surface area (Å²) >= 11 is 0. The van der Waals surface area contributed by atoms with E-state index < -0.39 is 23.6 Å². The molecule has 1 saturated heterocycles. The fraction of sp³-hybridized carbons (Fsp3) is 0.333. The number of aryl methyl sites for hydroxylation is 2. The molecule has 0 spiro atoms. The Balaban J connectivity index is 1.80. The first kappa shape index (κ1) is 21.2. The van der Waals surface area contributed by atoms with Crippen molar-refractivity contribution in [2.75, 3.05) is 18.0 Å². The van der Waals surface area contributed by atoms with E-state index in [0.29, 0.717) is 29.9 Å². The maximum atomic E-state index is 13.5. The zero-order chi connectivity index (χ0) is 22.3. The van der Waals surface area contributed by atoms with E-state index >= 15 is 0 Å². The molecule has 162 valence electrons. The van der Waals surface area contributed by atoms with Crippen molar-refractivity contribution in [1.29, 1.82) is 0 Å². The molecule has 2 aliphatic rings. The van der Waals surface area contributed by atoms with Gasteiger partial charge in [0, 0.05) is 13.1 Å². The number of hydrogen-bond acceptors (Lipinski definition) is 3. The Hall–Kier alpha value is -3.09. The molecule has 2 aromatic carbocycles. The highest BCUT2D eigenvalue weighted by Crippen LogP contribution is 2.38. The zero-order valence-corrected chi connectivity index (χ0v) is 17.4. The lowest BCUT2D eigenvalue weighted by Crippen LogP contribution is -2.37. The van der Waals surface area contributed by atoms with Gasteiger partial charge in [0.05, 0.1) is 16.8 Å². The molecule has 0 bridgehead atoms. The van der Waals surface area contributed by atoms with Crippen LogP contribution < -0.4 is 4.90 Å². The monoisotopic (exact) mass is 428 g/mol. The van der Waals surface area contributed by atoms with Crippen molar-refractivity contribution < 1.29 is 22.8 Å². The third-order valence-corrected chi connectivity index (χ3v) is 5.84. The third kappa shape index (κ3) is 3.84. The van der Waals surface area contributed by atoms with Crippen LogP contribution in [0.25, 0.3) is 5.57 Å². The highest BCUT2D eigenvalue weighted by atomic mass is 19.4. The number of piperidine rings is 1. The van der Waals surface area contributed by atoms with Crippen molar-refractivity contribution in [2.24, 2.45) is 0 Å². The van der Waals surface area contributed by atoms with E-state index in [2.05, 4.69) is 0 Å². The molecule has 0 aromatic heterocycles. The summed E-state index contributed by atoms with van der Waals surface area (Å²) in [6.07, 6.45) is -1.58. The number of anilines is 1. The Morgan fingerprint density at radius 1 is 0.839 bits per heavy atom. The Morgan fingerprint density at radius 2 is 1.48 bits per heavy atom. The summed E-state index contributed by atoms with van der Waals surface area (Å²) < 4.78 is 38.9. The molecule has 2 aliphatic heterocycles. The van der Waals surface area contributed by atoms with Crippen molar-refractivity contribution in [3.8, 4) is 0 Å². The molecule has 0 unspecified atom stereocenters. The number of halogens is 3. The predicted molar refractivity (Wildman–Crippen MR) is 112 cm³/mol. The van der Waals surface area contributed by atoms with E-state index in [-0.39, 0.29) is 5.69 Å². The second-order valence-corrected chi connectivity index (χ2v) is 8.08. The van der Waals surface area contributed by atoms with Gasteiger partial charge in [-0.2, -0.15) is 13.2 Å². The highest BCUT2D eigenvalue weighted by Gasteiger charge is 2.43. The summed E-state index contributed by atoms with van der Waals surface area (Å²) in [4.78, 5) is 29.9. The Bertz CT molecular complexity index is 1070. The van der Waals surface area contributed by atoms with Crippen LogP contribution in [0, 0.1) is 13.8 Å². The standard InChI is InChI=1S/C24H23F3N2O2/c1-15-6-11-19(16(2)14-15)20-21(28-12-4-3-5-13-28)23(31)29(22(20)30)18-9-7-17(8-10-18)24(25,26)27/h6-11,14H,3-5,12-13H2,1-2H3. The van der Waals surface area contributed by atoms with Crippen LogP contribution in [-0.4, -0.2) is 29.8 Å². The third-order valence-electron chi connectivity index (χ3n) is 5.84. The number of hydrogen-bond donors (Lipinski definition) is 0. The summed E-state index contributed by atoms with van der Waals surface area (Å²) in [5.74, 6) is -0.987. The van der Waals surface area contributed by atoms with Gasteiger partial charge in [-0.25, -0.2) is 4.90 Å². The lowest BCUT2D eigenvalue weighted by molar-refractivity contribution is -0.137. The molecule has 4 nitrogen and oxygen atoms in total. The van der Waals surface area contributed by atoms with Crippen LogP contribution >= 0.6 is 0 Å². The number of carbonyl (C=O) groups is 2. The molecule has 0 aliphatic carbocycles. The number of likely N-dealkylation sites (tertiary alicyclic amines) is 1. The second kappa shape index (κ2) is 7.87. The Kier molecular flexibility index (Phi) is 5.37. The fourth-order valence-electron chi connectivity index (χ4n) is 4.30. The SMILES string of the molecule is Cc1ccc(C2=C(N3CCCCC3)C(=O)N(c3ccc(C(F)(F)F)cc3)C2=O)c(C)c1. The van der Waals surface area contributed by atoms with Gasteiger partial charge in [0.15, 0.2) is 0 Å². The topological polar surface area (TPSA) is 40.6 Å². The van der Waals surface area contributed by atoms with Crippen LogP contribution in [0.15, 0.2) is 48.2 Å². The van der Waals surface area contributed by atoms with E-state index in [1.165, 1.54) is 12.1 Å². The number of nitrogens with zero attached hydrogens (tertiary/aromatic N) is 2. The first-order chi connectivity index (χ1) is 14.7. The normalized spacial score (nSPS) is 17.7. The molecule has 2 amide bonds. The fourth-order valence-corrected chi connectivity index (χ4v) is 4.30. The number of rotatable bonds is 3. The number of carbonyl (C=O) groups excluding carboxylic acids is 2. The van der Waals surface area contributed by atoms with Gasteiger partial charge in [-0.1, -0.05) is 23.8 Å². The first-order valence-electron chi connectivity index (χ1n) is 10.3. The smallest absolute Gasteiger partial charge is 0.366 e. The largest absolute Gasteiger partial charge is 0.416 e. The number of imide groups is 1. The summed E-state index contributed by atoms with van der Waals surface area (Å²) in [5, 5.41) is 0. The molecular formula is C24H23F3N2O2. The molecule has 7 heteroatoms. The van der Waals surface area contributed by atoms with E-state index in [9.17, 15) is 22.8 Å². The summed E-state index contributed by atoms with van der Waals surface area (Å²) in [6.45, 7) is 5.18. The maximum Gasteiger partial charge on any atom is 0.416 e. The molecule has 2 aromatic rings. The molecule has 0 atom stereocenters. The van der Waals surface area contributed by atoms with Gasteiger partial charge in [-0.15, -0.1) is 0 Å². The molecule has 2 heterocycles. The maximum absolute atomic E-state index is 13.5. The second-order valence-electron chi connectivity index (χ2n) is 8.08. The van der Waals surface area contributed by atoms with E-state index in [1.54, 1.807) is 0 Å². The Morgan fingerprint density at radius 3 is 2.06 bits per heavy atom. The van der Waals surface area contributed by atoms with E-state index in [4.69, 9.17) is 0 Å². The minimum Gasteiger partial charge on any atom is -0.366 e. The van der Waals surface area contributed by atoms with Crippen molar-refractivity contribution in [1.82, 2.24) is 4.90 Å². The zero-order valence-electron chi connectivity index (χ0n) is 17.4. The van der Waals surface area contributed by atoms with Gasteiger partial charge >= 0.3 is 6.18 Å². The summed E-state index contributed by atoms with van der Waals surface area (Å²) in [7, 11) is 0. The molecule has 1 fully saturated rings. The van der Waals surface area contributed by atoms with Crippen LogP contribution in [-0.2, 0) is 15.8 Å². The summed E-state index contributed by atoms with van der Waals surface area (Å²) in [5.41, 5.74) is 2.57. The summed E-state index contributed by atoms with van der Waals surface area (Å²) in [6, 6.07) is 9.83. The Labute approximate surface area is 179 Å². The quantitative estimate of drug-likeness (QED) is 0.640. The lowest BCUT2D eigenvalue weighted by Gasteiger charge is -2.29. The highest BCUT2D eigenvalue weighted by molar-refractivity contribution is 6.45. The van der Waals surface area contributed by atoms with Gasteiger partial charge in [0.2, 0.25) is 0 Å². The van der Waals surface area contributed by atoms with Gasteiger partial charge in [-0.05, 0) is 68.5 Å². The number of benzene rings is 2. The van der Waals surface area contributed by atoms with Gasteiger partial charge in [0.1, 0.15) is 5.70 Å². The molecule has 0 saturated carbocycles. The number of amides is 2. The van der Waals surface area contributed by atoms with Gasteiger partial charge in [0.25, 0.3) is 11.8 Å². The van der Waals surface area contributed by atoms with Crippen molar-refractivity contribution in [2.45, 2.75) is 39.3 Å². The average Bonchev–Trinajstić information content (AvgIpc) is 2.98. The molecule has 0 radical (unpaired) electrons.